The first-order valence-corrected chi connectivity index (χ1v) is 6.42. The molecule has 1 aromatic heterocycles. The molecule has 0 aliphatic rings. The normalized spacial score (nSPS) is 10.6. The summed E-state index contributed by atoms with van der Waals surface area (Å²) >= 11 is 0. The van der Waals surface area contributed by atoms with E-state index in [4.69, 9.17) is 5.11 Å². The van der Waals surface area contributed by atoms with Crippen LogP contribution in [0.5, 0.6) is 0 Å². The van der Waals surface area contributed by atoms with Gasteiger partial charge in [0.2, 0.25) is 0 Å². The van der Waals surface area contributed by atoms with Crippen LogP contribution in [0.4, 0.5) is 11.5 Å². The Morgan fingerprint density at radius 1 is 1.55 bits per heavy atom. The summed E-state index contributed by atoms with van der Waals surface area (Å²) in [5, 5.41) is 19.6. The lowest BCUT2D eigenvalue weighted by Gasteiger charge is -2.27. The van der Waals surface area contributed by atoms with Crippen molar-refractivity contribution in [3.8, 4) is 0 Å². The van der Waals surface area contributed by atoms with Gasteiger partial charge >= 0.3 is 5.97 Å². The van der Waals surface area contributed by atoms with Crippen molar-refractivity contribution in [2.75, 3.05) is 11.4 Å². The highest BCUT2D eigenvalue weighted by molar-refractivity contribution is 5.66. The largest absolute Gasteiger partial charge is 0.481 e. The maximum Gasteiger partial charge on any atom is 0.303 e. The zero-order valence-corrected chi connectivity index (χ0v) is 11.9. The van der Waals surface area contributed by atoms with Gasteiger partial charge in [0.1, 0.15) is 5.82 Å². The molecule has 0 radical (unpaired) electrons. The first-order valence-electron chi connectivity index (χ1n) is 6.42. The molecule has 110 valence electrons. The summed E-state index contributed by atoms with van der Waals surface area (Å²) < 4.78 is 0. The molecule has 0 aliphatic heterocycles. The molecule has 1 heterocycles. The summed E-state index contributed by atoms with van der Waals surface area (Å²) in [5.41, 5.74) is 0.534. The predicted molar refractivity (Wildman–Crippen MR) is 75.0 cm³/mol. The molecule has 7 nitrogen and oxygen atoms in total. The summed E-state index contributed by atoms with van der Waals surface area (Å²) in [6, 6.07) is 1.52. The van der Waals surface area contributed by atoms with Crippen LogP contribution in [-0.2, 0) is 4.79 Å². The van der Waals surface area contributed by atoms with E-state index < -0.39 is 10.9 Å². The van der Waals surface area contributed by atoms with E-state index in [1.807, 2.05) is 18.7 Å². The predicted octanol–water partition coefficient (Wildman–Crippen LogP) is 2.38. The lowest BCUT2D eigenvalue weighted by Crippen LogP contribution is -2.32. The monoisotopic (exact) mass is 281 g/mol. The van der Waals surface area contributed by atoms with Crippen LogP contribution in [0.2, 0.25) is 0 Å². The van der Waals surface area contributed by atoms with E-state index in [0.29, 0.717) is 24.3 Å². The van der Waals surface area contributed by atoms with E-state index in [-0.39, 0.29) is 18.2 Å². The number of nitrogens with zero attached hydrogens (tertiary/aromatic N) is 3. The molecule has 1 aromatic rings. The fraction of sp³-hybridized carbons (Fsp3) is 0.538. The van der Waals surface area contributed by atoms with Gasteiger partial charge in [-0.3, -0.25) is 14.9 Å². The molecule has 1 N–H and O–H groups in total. The molecule has 0 saturated heterocycles. The molecule has 1 rings (SSSR count). The van der Waals surface area contributed by atoms with Crippen LogP contribution in [0.1, 0.15) is 32.3 Å². The van der Waals surface area contributed by atoms with Crippen molar-refractivity contribution >= 4 is 17.5 Å². The van der Waals surface area contributed by atoms with Crippen molar-refractivity contribution < 1.29 is 14.8 Å². The number of pyridine rings is 1. The van der Waals surface area contributed by atoms with Gasteiger partial charge in [-0.2, -0.15) is 0 Å². The number of aliphatic carboxylic acids is 1. The Labute approximate surface area is 117 Å². The maximum absolute atomic E-state index is 11.0. The van der Waals surface area contributed by atoms with E-state index in [9.17, 15) is 14.9 Å². The quantitative estimate of drug-likeness (QED) is 0.608. The van der Waals surface area contributed by atoms with Crippen LogP contribution >= 0.6 is 0 Å². The van der Waals surface area contributed by atoms with E-state index in [2.05, 4.69) is 4.98 Å². The van der Waals surface area contributed by atoms with Crippen molar-refractivity contribution in [2.24, 2.45) is 0 Å². The molecule has 0 amide bonds. The number of carboxylic acid groups (broad SMARTS) is 1. The van der Waals surface area contributed by atoms with Crippen LogP contribution < -0.4 is 4.90 Å². The topological polar surface area (TPSA) is 96.6 Å². The second-order valence-electron chi connectivity index (χ2n) is 4.87. The van der Waals surface area contributed by atoms with Crippen LogP contribution in [-0.4, -0.2) is 33.6 Å². The number of rotatable bonds is 7. The standard InChI is InChI=1S/C13H19N3O4/c1-9(2)15(6-4-5-13(17)18)12-7-11(16(19)20)10(3)8-14-12/h7-9H,4-6H2,1-3H3,(H,17,18). The maximum atomic E-state index is 11.0. The van der Waals surface area contributed by atoms with Crippen molar-refractivity contribution in [3.05, 3.63) is 27.9 Å². The number of aromatic nitrogens is 1. The second-order valence-corrected chi connectivity index (χ2v) is 4.87. The number of hydrogen-bond donors (Lipinski definition) is 1. The Morgan fingerprint density at radius 2 is 2.20 bits per heavy atom. The van der Waals surface area contributed by atoms with Crippen molar-refractivity contribution in [3.63, 3.8) is 0 Å². The van der Waals surface area contributed by atoms with E-state index in [1.165, 1.54) is 12.3 Å². The highest BCUT2D eigenvalue weighted by Crippen LogP contribution is 2.24. The van der Waals surface area contributed by atoms with Crippen LogP contribution in [0.15, 0.2) is 12.3 Å². The van der Waals surface area contributed by atoms with E-state index in [1.54, 1.807) is 6.92 Å². The fourth-order valence-electron chi connectivity index (χ4n) is 1.89. The summed E-state index contributed by atoms with van der Waals surface area (Å²) in [4.78, 5) is 27.2. The highest BCUT2D eigenvalue weighted by atomic mass is 16.6. The molecule has 0 saturated carbocycles. The molecular formula is C13H19N3O4. The van der Waals surface area contributed by atoms with Crippen molar-refractivity contribution in [1.29, 1.82) is 0 Å². The third-order valence-corrected chi connectivity index (χ3v) is 2.96. The van der Waals surface area contributed by atoms with Gasteiger partial charge in [-0.05, 0) is 27.2 Å². The number of aryl methyl sites for hydroxylation is 1. The summed E-state index contributed by atoms with van der Waals surface area (Å²) in [7, 11) is 0. The Morgan fingerprint density at radius 3 is 2.70 bits per heavy atom. The molecular weight excluding hydrogens is 262 g/mol. The molecule has 0 atom stereocenters. The summed E-state index contributed by atoms with van der Waals surface area (Å²) in [6.45, 7) is 6.01. The van der Waals surface area contributed by atoms with Gasteiger partial charge in [0.25, 0.3) is 5.69 Å². The van der Waals surface area contributed by atoms with Crippen LogP contribution in [0.3, 0.4) is 0 Å². The van der Waals surface area contributed by atoms with Gasteiger partial charge in [-0.1, -0.05) is 0 Å². The van der Waals surface area contributed by atoms with Gasteiger partial charge in [-0.25, -0.2) is 4.98 Å². The minimum absolute atomic E-state index is 0.0267. The lowest BCUT2D eigenvalue weighted by atomic mass is 10.2. The molecule has 0 aromatic carbocycles. The number of anilines is 1. The average molecular weight is 281 g/mol. The van der Waals surface area contributed by atoms with Gasteiger partial charge in [0.15, 0.2) is 0 Å². The zero-order valence-electron chi connectivity index (χ0n) is 11.9. The minimum Gasteiger partial charge on any atom is -0.481 e. The highest BCUT2D eigenvalue weighted by Gasteiger charge is 2.18. The number of carboxylic acids is 1. The second kappa shape index (κ2) is 6.83. The molecule has 0 spiro atoms. The summed E-state index contributed by atoms with van der Waals surface area (Å²) in [6.07, 6.45) is 2.01. The molecule has 0 unspecified atom stereocenters. The van der Waals surface area contributed by atoms with Crippen LogP contribution in [0.25, 0.3) is 0 Å². The lowest BCUT2D eigenvalue weighted by molar-refractivity contribution is -0.385. The average Bonchev–Trinajstić information content (AvgIpc) is 2.34. The minimum atomic E-state index is -0.850. The molecule has 0 bridgehead atoms. The van der Waals surface area contributed by atoms with Gasteiger partial charge in [0.05, 0.1) is 11.0 Å². The first-order chi connectivity index (χ1) is 9.32. The van der Waals surface area contributed by atoms with Crippen molar-refractivity contribution in [1.82, 2.24) is 4.98 Å². The summed E-state index contributed by atoms with van der Waals surface area (Å²) in [5.74, 6) is -0.348. The van der Waals surface area contributed by atoms with Gasteiger partial charge < -0.3 is 10.0 Å². The molecule has 0 fully saturated rings. The molecule has 0 aliphatic carbocycles. The smallest absolute Gasteiger partial charge is 0.303 e. The molecule has 7 heteroatoms. The van der Waals surface area contributed by atoms with Gasteiger partial charge in [-0.15, -0.1) is 0 Å². The number of carbonyl (C=O) groups is 1. The van der Waals surface area contributed by atoms with E-state index >= 15 is 0 Å². The Bertz CT molecular complexity index is 502. The molecule has 20 heavy (non-hydrogen) atoms. The fourth-order valence-corrected chi connectivity index (χ4v) is 1.89. The Kier molecular flexibility index (Phi) is 5.42. The van der Waals surface area contributed by atoms with Crippen LogP contribution in [0, 0.1) is 17.0 Å². The first kappa shape index (κ1) is 15.9. The Hall–Kier alpha value is -2.18. The number of hydrogen-bond acceptors (Lipinski definition) is 5. The SMILES string of the molecule is Cc1cnc(N(CCCC(=O)O)C(C)C)cc1[N+](=O)[O-]. The third kappa shape index (κ3) is 4.18. The third-order valence-electron chi connectivity index (χ3n) is 2.96. The van der Waals surface area contributed by atoms with Crippen molar-refractivity contribution in [2.45, 2.75) is 39.7 Å². The Balaban J connectivity index is 2.94. The van der Waals surface area contributed by atoms with E-state index in [0.717, 1.165) is 0 Å². The zero-order chi connectivity index (χ0) is 15.3. The number of nitro groups is 1. The van der Waals surface area contributed by atoms with Gasteiger partial charge in [0, 0.05) is 30.8 Å².